The first kappa shape index (κ1) is 10.6. The number of hydrogen-bond donors (Lipinski definition) is 1. The largest absolute Gasteiger partial charge is 0.321 e. The van der Waals surface area contributed by atoms with Crippen LogP contribution in [0.1, 0.15) is 55.9 Å². The van der Waals surface area contributed by atoms with Crippen molar-refractivity contribution in [3.05, 3.63) is 23.3 Å². The molecule has 0 saturated heterocycles. The van der Waals surface area contributed by atoms with E-state index in [0.29, 0.717) is 11.8 Å². The van der Waals surface area contributed by atoms with Gasteiger partial charge in [0.1, 0.15) is 5.82 Å². The first-order valence-corrected chi connectivity index (χ1v) is 5.69. The molecule has 15 heavy (non-hydrogen) atoms. The molecule has 2 N–H and O–H groups in total. The van der Waals surface area contributed by atoms with Crippen LogP contribution < -0.4 is 5.73 Å². The zero-order valence-electron chi connectivity index (χ0n) is 9.70. The summed E-state index contributed by atoms with van der Waals surface area (Å²) >= 11 is 0. The highest BCUT2D eigenvalue weighted by molar-refractivity contribution is 5.19. The maximum Gasteiger partial charge on any atom is 0.145 e. The summed E-state index contributed by atoms with van der Waals surface area (Å²) < 4.78 is 0. The molecule has 0 amide bonds. The number of aromatic nitrogens is 2. The summed E-state index contributed by atoms with van der Waals surface area (Å²) in [5.41, 5.74) is 8.30. The van der Waals surface area contributed by atoms with Gasteiger partial charge in [0.05, 0.1) is 6.04 Å². The molecule has 1 saturated carbocycles. The Morgan fingerprint density at radius 2 is 2.00 bits per heavy atom. The van der Waals surface area contributed by atoms with E-state index in [1.54, 1.807) is 0 Å². The monoisotopic (exact) mass is 205 g/mol. The SMILES string of the molecule is Cc1cc(C2CC2)nc(C(N)C(C)C)n1. The van der Waals surface area contributed by atoms with Gasteiger partial charge in [0.15, 0.2) is 0 Å². The number of rotatable bonds is 3. The van der Waals surface area contributed by atoms with Crippen molar-refractivity contribution in [2.24, 2.45) is 11.7 Å². The van der Waals surface area contributed by atoms with Crippen molar-refractivity contribution >= 4 is 0 Å². The van der Waals surface area contributed by atoms with E-state index in [1.807, 2.05) is 6.92 Å². The molecule has 82 valence electrons. The first-order chi connectivity index (χ1) is 7.08. The summed E-state index contributed by atoms with van der Waals surface area (Å²) in [5, 5.41) is 0. The lowest BCUT2D eigenvalue weighted by Gasteiger charge is -2.15. The second kappa shape index (κ2) is 3.89. The molecule has 2 rings (SSSR count). The topological polar surface area (TPSA) is 51.8 Å². The van der Waals surface area contributed by atoms with Gasteiger partial charge >= 0.3 is 0 Å². The van der Waals surface area contributed by atoms with Crippen LogP contribution in [0.4, 0.5) is 0 Å². The Balaban J connectivity index is 2.30. The normalized spacial score (nSPS) is 18.2. The minimum absolute atomic E-state index is 0.0394. The molecule has 1 aliphatic carbocycles. The third-order valence-electron chi connectivity index (χ3n) is 2.90. The second-order valence-electron chi connectivity index (χ2n) is 4.84. The molecule has 0 aliphatic heterocycles. The van der Waals surface area contributed by atoms with Crippen LogP contribution >= 0.6 is 0 Å². The van der Waals surface area contributed by atoms with E-state index in [9.17, 15) is 0 Å². The van der Waals surface area contributed by atoms with Crippen LogP contribution in [-0.4, -0.2) is 9.97 Å². The minimum Gasteiger partial charge on any atom is -0.321 e. The molecule has 1 heterocycles. The summed E-state index contributed by atoms with van der Waals surface area (Å²) in [4.78, 5) is 9.01. The quantitative estimate of drug-likeness (QED) is 0.824. The average molecular weight is 205 g/mol. The fraction of sp³-hybridized carbons (Fsp3) is 0.667. The number of nitrogens with zero attached hydrogens (tertiary/aromatic N) is 2. The fourth-order valence-electron chi connectivity index (χ4n) is 1.65. The Morgan fingerprint density at radius 3 is 2.53 bits per heavy atom. The molecule has 3 nitrogen and oxygen atoms in total. The van der Waals surface area contributed by atoms with Crippen LogP contribution in [0.5, 0.6) is 0 Å². The molecule has 0 aromatic carbocycles. The van der Waals surface area contributed by atoms with Gasteiger partial charge in [-0.2, -0.15) is 0 Å². The van der Waals surface area contributed by atoms with E-state index in [0.717, 1.165) is 11.5 Å². The molecule has 1 aromatic rings. The molecular formula is C12H19N3. The predicted molar refractivity (Wildman–Crippen MR) is 60.5 cm³/mol. The third-order valence-corrected chi connectivity index (χ3v) is 2.90. The average Bonchev–Trinajstić information content (AvgIpc) is 2.98. The van der Waals surface area contributed by atoms with E-state index < -0.39 is 0 Å². The van der Waals surface area contributed by atoms with E-state index in [1.165, 1.54) is 18.5 Å². The highest BCUT2D eigenvalue weighted by Gasteiger charge is 2.26. The van der Waals surface area contributed by atoms with Crippen molar-refractivity contribution in [2.45, 2.75) is 45.6 Å². The number of nitrogens with two attached hydrogens (primary N) is 1. The van der Waals surface area contributed by atoms with Crippen LogP contribution in [0.25, 0.3) is 0 Å². The fourth-order valence-corrected chi connectivity index (χ4v) is 1.65. The smallest absolute Gasteiger partial charge is 0.145 e. The molecule has 1 aliphatic rings. The summed E-state index contributed by atoms with van der Waals surface area (Å²) in [6.07, 6.45) is 2.54. The van der Waals surface area contributed by atoms with Gasteiger partial charge in [-0.15, -0.1) is 0 Å². The standard InChI is InChI=1S/C12H19N3/c1-7(2)11(13)12-14-8(3)6-10(15-12)9-4-5-9/h6-7,9,11H,4-5,13H2,1-3H3. The zero-order valence-corrected chi connectivity index (χ0v) is 9.70. The molecule has 1 atom stereocenters. The second-order valence-corrected chi connectivity index (χ2v) is 4.84. The van der Waals surface area contributed by atoms with Gasteiger partial charge in [-0.05, 0) is 31.7 Å². The summed E-state index contributed by atoms with van der Waals surface area (Å²) in [6, 6.07) is 2.05. The third kappa shape index (κ3) is 2.34. The van der Waals surface area contributed by atoms with Crippen molar-refractivity contribution in [3.63, 3.8) is 0 Å². The van der Waals surface area contributed by atoms with Crippen molar-refractivity contribution in [3.8, 4) is 0 Å². The van der Waals surface area contributed by atoms with Crippen molar-refractivity contribution in [2.75, 3.05) is 0 Å². The van der Waals surface area contributed by atoms with Gasteiger partial charge in [-0.3, -0.25) is 0 Å². The van der Waals surface area contributed by atoms with E-state index in [2.05, 4.69) is 29.9 Å². The van der Waals surface area contributed by atoms with E-state index in [4.69, 9.17) is 5.73 Å². The molecule has 1 aromatic heterocycles. The molecular weight excluding hydrogens is 186 g/mol. The van der Waals surface area contributed by atoms with Gasteiger partial charge in [-0.25, -0.2) is 9.97 Å². The number of aryl methyl sites for hydroxylation is 1. The Kier molecular flexibility index (Phi) is 2.74. The molecule has 0 bridgehead atoms. The van der Waals surface area contributed by atoms with Gasteiger partial charge < -0.3 is 5.73 Å². The Hall–Kier alpha value is -0.960. The van der Waals surface area contributed by atoms with Crippen LogP contribution in [0.3, 0.4) is 0 Å². The first-order valence-electron chi connectivity index (χ1n) is 5.69. The number of hydrogen-bond acceptors (Lipinski definition) is 3. The molecule has 3 heteroatoms. The lowest BCUT2D eigenvalue weighted by molar-refractivity contribution is 0.487. The maximum atomic E-state index is 6.07. The van der Waals surface area contributed by atoms with E-state index >= 15 is 0 Å². The van der Waals surface area contributed by atoms with Gasteiger partial charge in [0.25, 0.3) is 0 Å². The molecule has 1 fully saturated rings. The highest BCUT2D eigenvalue weighted by Crippen LogP contribution is 2.39. The highest BCUT2D eigenvalue weighted by atomic mass is 14.9. The molecule has 1 unspecified atom stereocenters. The Morgan fingerprint density at radius 1 is 1.33 bits per heavy atom. The summed E-state index contributed by atoms with van der Waals surface area (Å²) in [6.45, 7) is 6.23. The van der Waals surface area contributed by atoms with Crippen molar-refractivity contribution in [1.82, 2.24) is 9.97 Å². The van der Waals surface area contributed by atoms with Crippen molar-refractivity contribution < 1.29 is 0 Å². The Labute approximate surface area is 91.1 Å². The van der Waals surface area contributed by atoms with Gasteiger partial charge in [0.2, 0.25) is 0 Å². The van der Waals surface area contributed by atoms with Crippen molar-refractivity contribution in [1.29, 1.82) is 0 Å². The van der Waals surface area contributed by atoms with Crippen LogP contribution in [-0.2, 0) is 0 Å². The van der Waals surface area contributed by atoms with Gasteiger partial charge in [0, 0.05) is 17.3 Å². The van der Waals surface area contributed by atoms with Crippen LogP contribution in [0.2, 0.25) is 0 Å². The summed E-state index contributed by atoms with van der Waals surface area (Å²) in [5.74, 6) is 1.87. The molecule has 0 radical (unpaired) electrons. The Bertz CT molecular complexity index is 356. The lowest BCUT2D eigenvalue weighted by atomic mass is 10.0. The van der Waals surface area contributed by atoms with Crippen LogP contribution in [0, 0.1) is 12.8 Å². The molecule has 0 spiro atoms. The maximum absolute atomic E-state index is 6.07. The lowest BCUT2D eigenvalue weighted by Crippen LogP contribution is -2.20. The van der Waals surface area contributed by atoms with E-state index in [-0.39, 0.29) is 6.04 Å². The van der Waals surface area contributed by atoms with Gasteiger partial charge in [-0.1, -0.05) is 13.8 Å². The minimum atomic E-state index is -0.0394. The van der Waals surface area contributed by atoms with Crippen LogP contribution in [0.15, 0.2) is 6.07 Å². The summed E-state index contributed by atoms with van der Waals surface area (Å²) in [7, 11) is 0. The predicted octanol–water partition coefficient (Wildman–Crippen LogP) is 2.32. The zero-order chi connectivity index (χ0) is 11.0.